The van der Waals surface area contributed by atoms with E-state index in [1.807, 2.05) is 6.92 Å². The third kappa shape index (κ3) is 7.43. The van der Waals surface area contributed by atoms with Gasteiger partial charge in [0.2, 0.25) is 28.6 Å². The zero-order chi connectivity index (χ0) is 27.2. The number of rotatable bonds is 12. The Balaban J connectivity index is 1.93. The summed E-state index contributed by atoms with van der Waals surface area (Å²) in [6, 6.07) is 8.76. The molecule has 202 valence electrons. The molecule has 1 atom stereocenters. The van der Waals surface area contributed by atoms with Crippen LogP contribution in [0.5, 0.6) is 11.5 Å². The molecule has 9 nitrogen and oxygen atoms in total. The number of amides is 2. The summed E-state index contributed by atoms with van der Waals surface area (Å²) in [7, 11) is -3.87. The summed E-state index contributed by atoms with van der Waals surface area (Å²) < 4.78 is 37.2. The number of nitrogens with zero attached hydrogens (tertiary/aromatic N) is 2. The fraction of sp³-hybridized carbons (Fsp3) is 0.440. The molecule has 2 amide bonds. The summed E-state index contributed by atoms with van der Waals surface area (Å²) >= 11 is 12.2. The first-order chi connectivity index (χ1) is 17.5. The van der Waals surface area contributed by atoms with E-state index in [1.54, 1.807) is 37.3 Å². The van der Waals surface area contributed by atoms with Gasteiger partial charge in [0.05, 0.1) is 22.0 Å². The molecule has 0 spiro atoms. The third-order valence-electron chi connectivity index (χ3n) is 5.88. The normalized spacial score (nSPS) is 13.2. The zero-order valence-electron chi connectivity index (χ0n) is 21.0. The molecule has 0 bridgehead atoms. The molecule has 1 aliphatic heterocycles. The number of halogens is 2. The quantitative estimate of drug-likeness (QED) is 0.382. The molecule has 0 fully saturated rings. The van der Waals surface area contributed by atoms with E-state index in [-0.39, 0.29) is 24.9 Å². The summed E-state index contributed by atoms with van der Waals surface area (Å²) in [5.74, 6) is 0.0116. The first kappa shape index (κ1) is 28.9. The number of ether oxygens (including phenoxy) is 2. The van der Waals surface area contributed by atoms with Gasteiger partial charge in [-0.15, -0.1) is 0 Å². The van der Waals surface area contributed by atoms with Crippen LogP contribution in [0, 0.1) is 0 Å². The van der Waals surface area contributed by atoms with E-state index in [9.17, 15) is 18.0 Å². The smallest absolute Gasteiger partial charge is 0.244 e. The van der Waals surface area contributed by atoms with Crippen molar-refractivity contribution in [1.29, 1.82) is 0 Å². The van der Waals surface area contributed by atoms with Crippen molar-refractivity contribution in [3.8, 4) is 11.5 Å². The molecule has 1 aliphatic rings. The fourth-order valence-electron chi connectivity index (χ4n) is 3.91. The van der Waals surface area contributed by atoms with Crippen molar-refractivity contribution in [2.45, 2.75) is 45.7 Å². The zero-order valence-corrected chi connectivity index (χ0v) is 23.3. The molecule has 2 aromatic rings. The summed E-state index contributed by atoms with van der Waals surface area (Å²) in [6.45, 7) is 3.84. The standard InChI is InChI=1S/C25H31Cl2N3O6S/c1-4-6-11-28-25(32)21(5-2)29(14-17-7-9-19(26)20(27)12-17)24(31)15-30(37(3,33)34)18-8-10-22-23(13-18)36-16-35-22/h7-10,12-13,21H,4-6,11,14-16H2,1-3H3,(H,28,32). The van der Waals surface area contributed by atoms with E-state index in [2.05, 4.69) is 5.32 Å². The molecule has 0 saturated carbocycles. The van der Waals surface area contributed by atoms with Gasteiger partial charge in [-0.3, -0.25) is 13.9 Å². The second-order valence-electron chi connectivity index (χ2n) is 8.65. The molecule has 0 radical (unpaired) electrons. The number of carbonyl (C=O) groups excluding carboxylic acids is 2. The number of carbonyl (C=O) groups is 2. The van der Waals surface area contributed by atoms with Gasteiger partial charge in [0.25, 0.3) is 0 Å². The lowest BCUT2D eigenvalue weighted by Gasteiger charge is -2.33. The Morgan fingerprint density at radius 1 is 1.05 bits per heavy atom. The van der Waals surface area contributed by atoms with Crippen LogP contribution in [0.4, 0.5) is 5.69 Å². The molecule has 1 heterocycles. The van der Waals surface area contributed by atoms with E-state index in [0.29, 0.717) is 40.1 Å². The molecule has 0 aliphatic carbocycles. The number of unbranched alkanes of at least 4 members (excludes halogenated alkanes) is 1. The Morgan fingerprint density at radius 3 is 2.43 bits per heavy atom. The number of sulfonamides is 1. The monoisotopic (exact) mass is 571 g/mol. The molecular weight excluding hydrogens is 541 g/mol. The molecule has 1 unspecified atom stereocenters. The largest absolute Gasteiger partial charge is 0.454 e. The SMILES string of the molecule is CCCCNC(=O)C(CC)N(Cc1ccc(Cl)c(Cl)c1)C(=O)CN(c1ccc2c(c1)OCO2)S(C)(=O)=O. The summed E-state index contributed by atoms with van der Waals surface area (Å²) in [5.41, 5.74) is 0.895. The number of hydrogen-bond donors (Lipinski definition) is 1. The van der Waals surface area contributed by atoms with Gasteiger partial charge in [0.15, 0.2) is 11.5 Å². The van der Waals surface area contributed by atoms with Crippen molar-refractivity contribution in [2.75, 3.05) is 30.4 Å². The molecule has 37 heavy (non-hydrogen) atoms. The number of anilines is 1. The van der Waals surface area contributed by atoms with E-state index < -0.39 is 28.5 Å². The van der Waals surface area contributed by atoms with Gasteiger partial charge in [-0.2, -0.15) is 0 Å². The van der Waals surface area contributed by atoms with Gasteiger partial charge in [0, 0.05) is 19.2 Å². The Bertz CT molecular complexity index is 1240. The first-order valence-corrected chi connectivity index (χ1v) is 14.5. The van der Waals surface area contributed by atoms with Crippen LogP contribution < -0.4 is 19.1 Å². The summed E-state index contributed by atoms with van der Waals surface area (Å²) in [5, 5.41) is 3.55. The Labute approximate surface area is 227 Å². The summed E-state index contributed by atoms with van der Waals surface area (Å²) in [4.78, 5) is 28.2. The maximum absolute atomic E-state index is 13.7. The second-order valence-corrected chi connectivity index (χ2v) is 11.4. The molecule has 0 aromatic heterocycles. The van der Waals surface area contributed by atoms with Gasteiger partial charge in [-0.1, -0.05) is 49.5 Å². The number of fused-ring (bicyclic) bond motifs is 1. The van der Waals surface area contributed by atoms with Gasteiger partial charge < -0.3 is 19.7 Å². The molecule has 12 heteroatoms. The molecule has 0 saturated heterocycles. The average molecular weight is 573 g/mol. The van der Waals surface area contributed by atoms with Crippen molar-refractivity contribution in [3.63, 3.8) is 0 Å². The van der Waals surface area contributed by atoms with Gasteiger partial charge >= 0.3 is 0 Å². The third-order valence-corrected chi connectivity index (χ3v) is 7.76. The van der Waals surface area contributed by atoms with Crippen LogP contribution >= 0.6 is 23.2 Å². The number of hydrogen-bond acceptors (Lipinski definition) is 6. The van der Waals surface area contributed by atoms with E-state index >= 15 is 0 Å². The molecule has 2 aromatic carbocycles. The Morgan fingerprint density at radius 2 is 1.78 bits per heavy atom. The Kier molecular flexibility index (Phi) is 9.92. The minimum Gasteiger partial charge on any atom is -0.454 e. The van der Waals surface area contributed by atoms with Crippen LogP contribution in [0.2, 0.25) is 10.0 Å². The lowest BCUT2D eigenvalue weighted by atomic mass is 10.1. The predicted octanol–water partition coefficient (Wildman–Crippen LogP) is 4.21. The number of nitrogens with one attached hydrogen (secondary N) is 1. The van der Waals surface area contributed by atoms with Crippen LogP contribution in [0.1, 0.15) is 38.7 Å². The van der Waals surface area contributed by atoms with Crippen molar-refractivity contribution < 1.29 is 27.5 Å². The Hall–Kier alpha value is -2.69. The van der Waals surface area contributed by atoms with E-state index in [0.717, 1.165) is 23.4 Å². The minimum absolute atomic E-state index is 0.0271. The van der Waals surface area contributed by atoms with Gasteiger partial charge in [0.1, 0.15) is 12.6 Å². The number of benzene rings is 2. The van der Waals surface area contributed by atoms with Gasteiger partial charge in [-0.25, -0.2) is 8.42 Å². The fourth-order valence-corrected chi connectivity index (χ4v) is 5.08. The lowest BCUT2D eigenvalue weighted by molar-refractivity contribution is -0.140. The molecule has 1 N–H and O–H groups in total. The van der Waals surface area contributed by atoms with Crippen molar-refractivity contribution in [3.05, 3.63) is 52.0 Å². The van der Waals surface area contributed by atoms with Crippen LogP contribution in [-0.4, -0.2) is 57.3 Å². The highest BCUT2D eigenvalue weighted by atomic mass is 35.5. The average Bonchev–Trinajstić information content (AvgIpc) is 3.32. The second kappa shape index (κ2) is 12.7. The highest BCUT2D eigenvalue weighted by Gasteiger charge is 2.32. The molecule has 3 rings (SSSR count). The van der Waals surface area contributed by atoms with Crippen molar-refractivity contribution >= 4 is 50.7 Å². The maximum Gasteiger partial charge on any atom is 0.244 e. The van der Waals surface area contributed by atoms with Crippen LogP contribution in [0.3, 0.4) is 0 Å². The predicted molar refractivity (Wildman–Crippen MR) is 144 cm³/mol. The van der Waals surface area contributed by atoms with Gasteiger partial charge in [-0.05, 0) is 42.7 Å². The topological polar surface area (TPSA) is 105 Å². The lowest BCUT2D eigenvalue weighted by Crippen LogP contribution is -2.52. The first-order valence-electron chi connectivity index (χ1n) is 11.9. The van der Waals surface area contributed by atoms with Crippen LogP contribution in [-0.2, 0) is 26.2 Å². The van der Waals surface area contributed by atoms with Crippen LogP contribution in [0.25, 0.3) is 0 Å². The molecular formula is C25H31Cl2N3O6S. The van der Waals surface area contributed by atoms with Crippen molar-refractivity contribution in [2.24, 2.45) is 0 Å². The van der Waals surface area contributed by atoms with Crippen molar-refractivity contribution in [1.82, 2.24) is 10.2 Å². The maximum atomic E-state index is 13.7. The highest BCUT2D eigenvalue weighted by molar-refractivity contribution is 7.92. The van der Waals surface area contributed by atoms with E-state index in [4.69, 9.17) is 32.7 Å². The minimum atomic E-state index is -3.87. The van der Waals surface area contributed by atoms with Crippen LogP contribution in [0.15, 0.2) is 36.4 Å². The highest BCUT2D eigenvalue weighted by Crippen LogP contribution is 2.36. The van der Waals surface area contributed by atoms with E-state index in [1.165, 1.54) is 11.0 Å². The summed E-state index contributed by atoms with van der Waals surface area (Å²) in [6.07, 6.45) is 3.05.